The molecule has 116 valence electrons. The minimum atomic E-state index is 0.0963. The molecule has 2 aromatic rings. The van der Waals surface area contributed by atoms with E-state index in [4.69, 9.17) is 0 Å². The Bertz CT molecular complexity index is 624. The van der Waals surface area contributed by atoms with Crippen molar-refractivity contribution in [1.29, 1.82) is 0 Å². The Balaban J connectivity index is 1.58. The van der Waals surface area contributed by atoms with Gasteiger partial charge in [-0.1, -0.05) is 30.3 Å². The molecule has 0 saturated heterocycles. The van der Waals surface area contributed by atoms with Gasteiger partial charge in [0.25, 0.3) is 0 Å². The van der Waals surface area contributed by atoms with Gasteiger partial charge in [0, 0.05) is 10.9 Å². The van der Waals surface area contributed by atoms with Crippen LogP contribution in [-0.2, 0) is 17.8 Å². The Morgan fingerprint density at radius 3 is 3.00 bits per heavy atom. The van der Waals surface area contributed by atoms with Crippen LogP contribution in [0.5, 0.6) is 0 Å². The normalized spacial score (nSPS) is 17.3. The Kier molecular flexibility index (Phi) is 4.90. The number of benzene rings is 1. The van der Waals surface area contributed by atoms with E-state index in [-0.39, 0.29) is 5.91 Å². The van der Waals surface area contributed by atoms with E-state index in [1.165, 1.54) is 22.4 Å². The van der Waals surface area contributed by atoms with Crippen molar-refractivity contribution in [3.63, 3.8) is 0 Å². The molecular weight excluding hydrogens is 292 g/mol. The molecule has 1 amide bonds. The number of carbonyl (C=O) groups is 1. The van der Waals surface area contributed by atoms with E-state index in [0.717, 1.165) is 12.8 Å². The lowest BCUT2D eigenvalue weighted by Gasteiger charge is -2.32. The summed E-state index contributed by atoms with van der Waals surface area (Å²) in [6, 6.07) is 13.0. The average molecular weight is 314 g/mol. The molecule has 1 N–H and O–H groups in total. The van der Waals surface area contributed by atoms with Crippen LogP contribution in [-0.4, -0.2) is 24.4 Å². The zero-order chi connectivity index (χ0) is 15.4. The molecule has 0 radical (unpaired) electrons. The summed E-state index contributed by atoms with van der Waals surface area (Å²) < 4.78 is 0. The molecule has 0 fully saturated rings. The largest absolute Gasteiger partial charge is 0.350 e. The summed E-state index contributed by atoms with van der Waals surface area (Å²) >= 11 is 1.67. The molecule has 0 bridgehead atoms. The predicted octanol–water partition coefficient (Wildman–Crippen LogP) is 3.37. The molecule has 3 rings (SSSR count). The smallest absolute Gasteiger partial charge is 0.234 e. The maximum atomic E-state index is 12.2. The van der Waals surface area contributed by atoms with Crippen LogP contribution in [0.15, 0.2) is 41.8 Å². The molecule has 1 aromatic heterocycles. The number of carbonyl (C=O) groups excluding carboxylic acids is 1. The monoisotopic (exact) mass is 314 g/mol. The minimum absolute atomic E-state index is 0.0963. The van der Waals surface area contributed by atoms with Crippen LogP contribution in [0.25, 0.3) is 0 Å². The second kappa shape index (κ2) is 7.07. The van der Waals surface area contributed by atoms with Crippen molar-refractivity contribution >= 4 is 17.2 Å². The van der Waals surface area contributed by atoms with E-state index >= 15 is 0 Å². The van der Waals surface area contributed by atoms with Gasteiger partial charge < -0.3 is 5.32 Å². The van der Waals surface area contributed by atoms with Crippen molar-refractivity contribution < 1.29 is 4.79 Å². The molecule has 1 heterocycles. The first kappa shape index (κ1) is 15.3. The lowest BCUT2D eigenvalue weighted by Crippen LogP contribution is -2.37. The van der Waals surface area contributed by atoms with Crippen molar-refractivity contribution in [2.45, 2.75) is 31.8 Å². The number of amides is 1. The van der Waals surface area contributed by atoms with E-state index in [2.05, 4.69) is 41.5 Å². The van der Waals surface area contributed by atoms with Gasteiger partial charge in [-0.15, -0.1) is 11.3 Å². The molecule has 4 heteroatoms. The summed E-state index contributed by atoms with van der Waals surface area (Å²) in [5, 5.41) is 5.04. The summed E-state index contributed by atoms with van der Waals surface area (Å²) in [6.07, 6.45) is 3.49. The first-order valence-corrected chi connectivity index (χ1v) is 8.69. The van der Waals surface area contributed by atoms with E-state index < -0.39 is 0 Å². The van der Waals surface area contributed by atoms with Gasteiger partial charge in [-0.05, 0) is 48.9 Å². The Morgan fingerprint density at radius 2 is 2.18 bits per heavy atom. The molecule has 0 aliphatic heterocycles. The second-order valence-electron chi connectivity index (χ2n) is 5.88. The van der Waals surface area contributed by atoms with Gasteiger partial charge in [0.15, 0.2) is 0 Å². The molecule has 1 atom stereocenters. The van der Waals surface area contributed by atoms with Gasteiger partial charge >= 0.3 is 0 Å². The van der Waals surface area contributed by atoms with Crippen molar-refractivity contribution in [2.24, 2.45) is 0 Å². The molecule has 1 aliphatic rings. The number of nitrogens with zero attached hydrogens (tertiary/aromatic N) is 1. The second-order valence-corrected chi connectivity index (χ2v) is 6.91. The maximum absolute atomic E-state index is 12.2. The van der Waals surface area contributed by atoms with Crippen molar-refractivity contribution in [2.75, 3.05) is 13.6 Å². The van der Waals surface area contributed by atoms with E-state index in [0.29, 0.717) is 19.1 Å². The van der Waals surface area contributed by atoms with Crippen LogP contribution in [0.2, 0.25) is 0 Å². The van der Waals surface area contributed by atoms with Gasteiger partial charge in [-0.25, -0.2) is 0 Å². The van der Waals surface area contributed by atoms with E-state index in [1.807, 2.05) is 17.5 Å². The average Bonchev–Trinajstić information content (AvgIpc) is 3.06. The van der Waals surface area contributed by atoms with Crippen molar-refractivity contribution in [3.8, 4) is 0 Å². The molecule has 3 nitrogen and oxygen atoms in total. The highest BCUT2D eigenvalue weighted by Crippen LogP contribution is 2.33. The molecule has 0 saturated carbocycles. The van der Waals surface area contributed by atoms with Gasteiger partial charge in [0.05, 0.1) is 13.1 Å². The summed E-state index contributed by atoms with van der Waals surface area (Å²) in [7, 11) is 2.05. The van der Waals surface area contributed by atoms with Crippen LogP contribution in [0, 0.1) is 0 Å². The molecule has 0 spiro atoms. The molecule has 1 aliphatic carbocycles. The van der Waals surface area contributed by atoms with E-state index in [9.17, 15) is 4.79 Å². The quantitative estimate of drug-likeness (QED) is 0.917. The minimum Gasteiger partial charge on any atom is -0.350 e. The highest BCUT2D eigenvalue weighted by atomic mass is 32.1. The first-order valence-electron chi connectivity index (χ1n) is 7.81. The number of fused-ring (bicyclic) bond motifs is 1. The molecule has 1 aromatic carbocycles. The fourth-order valence-electron chi connectivity index (χ4n) is 3.18. The summed E-state index contributed by atoms with van der Waals surface area (Å²) in [6.45, 7) is 1.08. The third kappa shape index (κ3) is 3.57. The van der Waals surface area contributed by atoms with Gasteiger partial charge in [-0.2, -0.15) is 0 Å². The number of hydrogen-bond donors (Lipinski definition) is 1. The third-order valence-electron chi connectivity index (χ3n) is 4.30. The Labute approximate surface area is 136 Å². The highest BCUT2D eigenvalue weighted by Gasteiger charge is 2.24. The first-order chi connectivity index (χ1) is 10.7. The lowest BCUT2D eigenvalue weighted by molar-refractivity contribution is -0.122. The van der Waals surface area contributed by atoms with Crippen LogP contribution in [0.1, 0.15) is 34.9 Å². The SMILES string of the molecule is CN(CC(=O)NCc1cccs1)[C@@H]1CCCc2ccccc21. The summed E-state index contributed by atoms with van der Waals surface area (Å²) in [5.74, 6) is 0.0963. The third-order valence-corrected chi connectivity index (χ3v) is 5.18. The van der Waals surface area contributed by atoms with Crippen LogP contribution >= 0.6 is 11.3 Å². The fourth-order valence-corrected chi connectivity index (χ4v) is 3.82. The van der Waals surface area contributed by atoms with Gasteiger partial charge in [0.2, 0.25) is 5.91 Å². The van der Waals surface area contributed by atoms with Crippen molar-refractivity contribution in [3.05, 3.63) is 57.8 Å². The topological polar surface area (TPSA) is 32.3 Å². The zero-order valence-corrected chi connectivity index (χ0v) is 13.7. The Morgan fingerprint density at radius 1 is 1.32 bits per heavy atom. The van der Waals surface area contributed by atoms with Crippen LogP contribution < -0.4 is 5.32 Å². The number of thiophene rings is 1. The molecule has 22 heavy (non-hydrogen) atoms. The number of aryl methyl sites for hydroxylation is 1. The number of likely N-dealkylation sites (N-methyl/N-ethyl adjacent to an activating group) is 1. The van der Waals surface area contributed by atoms with Gasteiger partial charge in [-0.3, -0.25) is 9.69 Å². The fraction of sp³-hybridized carbons (Fsp3) is 0.389. The molecule has 0 unspecified atom stereocenters. The summed E-state index contributed by atoms with van der Waals surface area (Å²) in [5.41, 5.74) is 2.83. The zero-order valence-electron chi connectivity index (χ0n) is 12.9. The van der Waals surface area contributed by atoms with Gasteiger partial charge in [0.1, 0.15) is 0 Å². The highest BCUT2D eigenvalue weighted by molar-refractivity contribution is 7.09. The number of nitrogens with one attached hydrogen (secondary N) is 1. The van der Waals surface area contributed by atoms with Crippen LogP contribution in [0.3, 0.4) is 0 Å². The number of rotatable bonds is 5. The van der Waals surface area contributed by atoms with Crippen LogP contribution in [0.4, 0.5) is 0 Å². The van der Waals surface area contributed by atoms with E-state index in [1.54, 1.807) is 11.3 Å². The standard InChI is InChI=1S/C18H22N2OS/c1-20(13-18(21)19-12-15-8-5-11-22-15)17-10-4-7-14-6-2-3-9-16(14)17/h2-3,5-6,8-9,11,17H,4,7,10,12-13H2,1H3,(H,19,21)/t17-/m1/s1. The number of hydrogen-bond acceptors (Lipinski definition) is 3. The van der Waals surface area contributed by atoms with Crippen molar-refractivity contribution in [1.82, 2.24) is 10.2 Å². The molecular formula is C18H22N2OS. The predicted molar refractivity (Wildman–Crippen MR) is 90.9 cm³/mol. The summed E-state index contributed by atoms with van der Waals surface area (Å²) in [4.78, 5) is 15.5. The Hall–Kier alpha value is -1.65. The maximum Gasteiger partial charge on any atom is 0.234 e. The lowest BCUT2D eigenvalue weighted by atomic mass is 9.87.